The van der Waals surface area contributed by atoms with E-state index in [1.165, 1.54) is 0 Å². The summed E-state index contributed by atoms with van der Waals surface area (Å²) in [5.41, 5.74) is 5.41. The van der Waals surface area contributed by atoms with Gasteiger partial charge >= 0.3 is 0 Å². The molecule has 5 heteroatoms. The van der Waals surface area contributed by atoms with Crippen LogP contribution in [0, 0.1) is 0 Å². The maximum Gasteiger partial charge on any atom is 0.151 e. The zero-order valence-corrected chi connectivity index (χ0v) is 9.59. The third-order valence-corrected chi connectivity index (χ3v) is 4.58. The molecule has 84 valence electrons. The zero-order chi connectivity index (χ0) is 10.6. The molecule has 1 aliphatic heterocycles. The van der Waals surface area contributed by atoms with Crippen molar-refractivity contribution >= 4 is 9.84 Å². The van der Waals surface area contributed by atoms with E-state index in [1.807, 2.05) is 7.05 Å². The molecule has 4 nitrogen and oxygen atoms in total. The molecule has 0 aliphatic carbocycles. The molecule has 0 spiro atoms. The Kier molecular flexibility index (Phi) is 4.34. The van der Waals surface area contributed by atoms with Crippen molar-refractivity contribution in [1.82, 2.24) is 4.90 Å². The summed E-state index contributed by atoms with van der Waals surface area (Å²) in [5.74, 6) is 0.697. The molecular weight excluding hydrogens is 200 g/mol. The molecule has 0 saturated carbocycles. The van der Waals surface area contributed by atoms with Gasteiger partial charge in [-0.15, -0.1) is 0 Å². The number of hydrogen-bond donors (Lipinski definition) is 1. The van der Waals surface area contributed by atoms with Crippen molar-refractivity contribution in [2.24, 2.45) is 5.73 Å². The molecule has 0 amide bonds. The molecule has 1 rings (SSSR count). The summed E-state index contributed by atoms with van der Waals surface area (Å²) in [7, 11) is -0.788. The lowest BCUT2D eigenvalue weighted by molar-refractivity contribution is 0.241. The van der Waals surface area contributed by atoms with Crippen LogP contribution in [0.4, 0.5) is 0 Å². The second-order valence-corrected chi connectivity index (χ2v) is 6.26. The lowest BCUT2D eigenvalue weighted by Gasteiger charge is -2.30. The number of hydrogen-bond acceptors (Lipinski definition) is 4. The van der Waals surface area contributed by atoms with Crippen molar-refractivity contribution in [3.05, 3.63) is 0 Å². The Labute approximate surface area is 86.4 Å². The van der Waals surface area contributed by atoms with Crippen molar-refractivity contribution in [3.8, 4) is 0 Å². The first-order chi connectivity index (χ1) is 6.55. The van der Waals surface area contributed by atoms with Crippen molar-refractivity contribution in [2.75, 3.05) is 31.6 Å². The highest BCUT2D eigenvalue weighted by molar-refractivity contribution is 7.91. The summed E-state index contributed by atoms with van der Waals surface area (Å²) in [6, 6.07) is 0.209. The van der Waals surface area contributed by atoms with Crippen molar-refractivity contribution in [3.63, 3.8) is 0 Å². The zero-order valence-electron chi connectivity index (χ0n) is 8.78. The van der Waals surface area contributed by atoms with Gasteiger partial charge in [0, 0.05) is 6.04 Å². The molecule has 1 aliphatic rings. The molecule has 1 fully saturated rings. The first-order valence-electron chi connectivity index (χ1n) is 5.16. The Balaban J connectivity index is 2.43. The fourth-order valence-electron chi connectivity index (χ4n) is 1.87. The summed E-state index contributed by atoms with van der Waals surface area (Å²) in [4.78, 5) is 2.13. The topological polar surface area (TPSA) is 63.4 Å². The SMILES string of the molecule is CN(CCCN)C1CCCS(=O)(=O)C1. The monoisotopic (exact) mass is 220 g/mol. The lowest BCUT2D eigenvalue weighted by atomic mass is 10.1. The summed E-state index contributed by atoms with van der Waals surface area (Å²) < 4.78 is 22.8. The predicted octanol–water partition coefficient (Wildman–Crippen LogP) is -0.156. The minimum atomic E-state index is -2.77. The van der Waals surface area contributed by atoms with E-state index in [2.05, 4.69) is 4.90 Å². The predicted molar refractivity (Wildman–Crippen MR) is 58.0 cm³/mol. The highest BCUT2D eigenvalue weighted by Gasteiger charge is 2.26. The van der Waals surface area contributed by atoms with Gasteiger partial charge in [-0.3, -0.25) is 0 Å². The molecule has 1 heterocycles. The minimum Gasteiger partial charge on any atom is -0.330 e. The average Bonchev–Trinajstić information content (AvgIpc) is 2.12. The maximum absolute atomic E-state index is 11.4. The van der Waals surface area contributed by atoms with Gasteiger partial charge in [-0.1, -0.05) is 0 Å². The van der Waals surface area contributed by atoms with E-state index in [1.54, 1.807) is 0 Å². The first kappa shape index (κ1) is 11.9. The van der Waals surface area contributed by atoms with Crippen LogP contribution in [0.3, 0.4) is 0 Å². The summed E-state index contributed by atoms with van der Waals surface area (Å²) >= 11 is 0. The van der Waals surface area contributed by atoms with E-state index in [4.69, 9.17) is 5.73 Å². The van der Waals surface area contributed by atoms with Crippen LogP contribution in [0.25, 0.3) is 0 Å². The van der Waals surface area contributed by atoms with E-state index in [0.29, 0.717) is 18.1 Å². The second kappa shape index (κ2) is 5.09. The molecular formula is C9H20N2O2S. The van der Waals surface area contributed by atoms with Gasteiger partial charge in [0.15, 0.2) is 9.84 Å². The van der Waals surface area contributed by atoms with Crippen molar-refractivity contribution in [2.45, 2.75) is 25.3 Å². The molecule has 1 saturated heterocycles. The van der Waals surface area contributed by atoms with Crippen LogP contribution in [-0.2, 0) is 9.84 Å². The summed E-state index contributed by atoms with van der Waals surface area (Å²) in [6.07, 6.45) is 2.74. The Morgan fingerprint density at radius 2 is 2.21 bits per heavy atom. The highest BCUT2D eigenvalue weighted by atomic mass is 32.2. The summed E-state index contributed by atoms with van der Waals surface area (Å²) in [6.45, 7) is 1.57. The van der Waals surface area contributed by atoms with E-state index in [9.17, 15) is 8.42 Å². The van der Waals surface area contributed by atoms with Gasteiger partial charge in [-0.2, -0.15) is 0 Å². The van der Waals surface area contributed by atoms with Crippen molar-refractivity contribution in [1.29, 1.82) is 0 Å². The molecule has 14 heavy (non-hydrogen) atoms. The molecule has 0 bridgehead atoms. The van der Waals surface area contributed by atoms with Crippen LogP contribution in [0.5, 0.6) is 0 Å². The molecule has 1 unspecified atom stereocenters. The van der Waals surface area contributed by atoms with Gasteiger partial charge in [0.2, 0.25) is 0 Å². The Bertz CT molecular complexity index is 264. The Morgan fingerprint density at radius 3 is 2.79 bits per heavy atom. The fraction of sp³-hybridized carbons (Fsp3) is 1.00. The third kappa shape index (κ3) is 3.55. The molecule has 0 aromatic heterocycles. The third-order valence-electron chi connectivity index (χ3n) is 2.78. The average molecular weight is 220 g/mol. The van der Waals surface area contributed by atoms with Crippen LogP contribution in [-0.4, -0.2) is 51.0 Å². The smallest absolute Gasteiger partial charge is 0.151 e. The van der Waals surface area contributed by atoms with Gasteiger partial charge in [0.1, 0.15) is 0 Å². The normalized spacial score (nSPS) is 26.6. The van der Waals surface area contributed by atoms with Crippen LogP contribution in [0.2, 0.25) is 0 Å². The number of sulfone groups is 1. The van der Waals surface area contributed by atoms with Gasteiger partial charge in [0.25, 0.3) is 0 Å². The van der Waals surface area contributed by atoms with Crippen LogP contribution in [0.1, 0.15) is 19.3 Å². The quantitative estimate of drug-likeness (QED) is 0.715. The maximum atomic E-state index is 11.4. The van der Waals surface area contributed by atoms with E-state index >= 15 is 0 Å². The number of nitrogens with two attached hydrogens (primary N) is 1. The minimum absolute atomic E-state index is 0.209. The Hall–Kier alpha value is -0.130. The molecule has 0 radical (unpaired) electrons. The van der Waals surface area contributed by atoms with Crippen molar-refractivity contribution < 1.29 is 8.42 Å². The number of nitrogens with zero attached hydrogens (tertiary/aromatic N) is 1. The molecule has 0 aromatic rings. The molecule has 0 aromatic carbocycles. The van der Waals surface area contributed by atoms with Gasteiger partial charge < -0.3 is 10.6 Å². The second-order valence-electron chi connectivity index (χ2n) is 4.03. The van der Waals surface area contributed by atoms with E-state index in [-0.39, 0.29) is 6.04 Å². The fourth-order valence-corrected chi connectivity index (χ4v) is 3.65. The van der Waals surface area contributed by atoms with E-state index < -0.39 is 9.84 Å². The molecule has 2 N–H and O–H groups in total. The lowest BCUT2D eigenvalue weighted by Crippen LogP contribution is -2.42. The van der Waals surface area contributed by atoms with Crippen LogP contribution >= 0.6 is 0 Å². The van der Waals surface area contributed by atoms with Gasteiger partial charge in [-0.05, 0) is 39.4 Å². The largest absolute Gasteiger partial charge is 0.330 e. The van der Waals surface area contributed by atoms with Crippen LogP contribution in [0.15, 0.2) is 0 Å². The van der Waals surface area contributed by atoms with Crippen LogP contribution < -0.4 is 5.73 Å². The van der Waals surface area contributed by atoms with Gasteiger partial charge in [-0.25, -0.2) is 8.42 Å². The first-order valence-corrected chi connectivity index (χ1v) is 6.98. The van der Waals surface area contributed by atoms with E-state index in [0.717, 1.165) is 25.8 Å². The van der Waals surface area contributed by atoms with Gasteiger partial charge in [0.05, 0.1) is 11.5 Å². The highest BCUT2D eigenvalue weighted by Crippen LogP contribution is 2.16. The summed E-state index contributed by atoms with van der Waals surface area (Å²) in [5, 5.41) is 0. The molecule has 1 atom stereocenters. The Morgan fingerprint density at radius 1 is 1.50 bits per heavy atom. The number of rotatable bonds is 4. The standard InChI is InChI=1S/C9H20N2O2S/c1-11(6-3-5-10)9-4-2-7-14(12,13)8-9/h9H,2-8,10H2,1H3.